The Balaban J connectivity index is 1.38. The number of carbonyl (C=O) groups is 4. The van der Waals surface area contributed by atoms with E-state index in [0.29, 0.717) is 55.3 Å². The van der Waals surface area contributed by atoms with E-state index in [1.54, 1.807) is 34.9 Å². The summed E-state index contributed by atoms with van der Waals surface area (Å²) >= 11 is 0. The number of ether oxygens (including phenoxy) is 1. The Morgan fingerprint density at radius 3 is 2.40 bits per heavy atom. The lowest BCUT2D eigenvalue weighted by Crippen LogP contribution is -2.48. The Kier molecular flexibility index (Phi) is 11.2. The average Bonchev–Trinajstić information content (AvgIpc) is 3.77. The van der Waals surface area contributed by atoms with Gasteiger partial charge in [0.1, 0.15) is 11.9 Å². The van der Waals surface area contributed by atoms with Crippen LogP contribution in [0.25, 0.3) is 6.08 Å². The van der Waals surface area contributed by atoms with E-state index in [1.165, 1.54) is 12.1 Å². The molecule has 11 heteroatoms. The molecular weight excluding hydrogens is 603 g/mol. The molecule has 47 heavy (non-hydrogen) atoms. The van der Waals surface area contributed by atoms with Crippen LogP contribution in [-0.2, 0) is 14.3 Å². The van der Waals surface area contributed by atoms with Crippen molar-refractivity contribution in [1.29, 1.82) is 0 Å². The molecule has 2 heterocycles. The molecule has 3 amide bonds. The minimum absolute atomic E-state index is 0.135. The highest BCUT2D eigenvalue weighted by molar-refractivity contribution is 6.38. The monoisotopic (exact) mass is 652 g/mol. The Morgan fingerprint density at radius 1 is 0.979 bits per heavy atom. The zero-order valence-electron chi connectivity index (χ0n) is 28.1. The van der Waals surface area contributed by atoms with Gasteiger partial charge in [0.2, 0.25) is 11.6 Å². The predicted octanol–water partition coefficient (Wildman–Crippen LogP) is 4.76. The van der Waals surface area contributed by atoms with Crippen LogP contribution in [0, 0.1) is 29.5 Å². The molecule has 0 spiro atoms. The van der Waals surface area contributed by atoms with Crippen LogP contribution in [0.2, 0.25) is 0 Å². The molecule has 2 saturated heterocycles. The van der Waals surface area contributed by atoms with E-state index in [4.69, 9.17) is 4.74 Å². The van der Waals surface area contributed by atoms with Gasteiger partial charge in [0.05, 0.1) is 12.0 Å². The van der Waals surface area contributed by atoms with Gasteiger partial charge >= 0.3 is 12.1 Å². The first-order valence-corrected chi connectivity index (χ1v) is 17.0. The number of urea groups is 1. The first kappa shape index (κ1) is 34.8. The first-order chi connectivity index (χ1) is 22.4. The molecule has 256 valence electrons. The van der Waals surface area contributed by atoms with Gasteiger partial charge in [-0.25, -0.2) is 14.0 Å². The third-order valence-electron chi connectivity index (χ3n) is 9.99. The van der Waals surface area contributed by atoms with Crippen molar-refractivity contribution in [2.45, 2.75) is 65.1 Å². The summed E-state index contributed by atoms with van der Waals surface area (Å²) in [4.78, 5) is 60.2. The number of anilines is 1. The number of Topliss-reactive ketones (excluding diaryl/α,β-unsaturated/α-hetero) is 2. The summed E-state index contributed by atoms with van der Waals surface area (Å²) in [6.45, 7) is 9.96. The Morgan fingerprint density at radius 2 is 1.70 bits per heavy atom. The molecular formula is C36H49FN4O6. The van der Waals surface area contributed by atoms with Crippen LogP contribution in [0.4, 0.5) is 19.7 Å². The van der Waals surface area contributed by atoms with E-state index in [2.05, 4.69) is 4.90 Å². The van der Waals surface area contributed by atoms with Crippen molar-refractivity contribution in [3.63, 3.8) is 0 Å². The number of hydrogen-bond donors (Lipinski definition) is 1. The maximum absolute atomic E-state index is 14.9. The molecule has 1 aromatic carbocycles. The number of ketones is 2. The fourth-order valence-corrected chi connectivity index (χ4v) is 6.78. The van der Waals surface area contributed by atoms with Crippen molar-refractivity contribution >= 4 is 35.5 Å². The van der Waals surface area contributed by atoms with Gasteiger partial charge in [-0.05, 0) is 87.2 Å². The SMILES string of the molecule is C/C(=C\c1cc(F)cc(N2CCN(CC3CC3)C2=O)c1)[C@H]1C(=O)C(=O)C[C@H](O)CC[C@H](C)[C@@H](OC(=O)N2CCN(C)CC2)/C=C/[C@@H]1C. The quantitative estimate of drug-likeness (QED) is 0.349. The van der Waals surface area contributed by atoms with Crippen LogP contribution in [-0.4, -0.2) is 109 Å². The number of benzene rings is 1. The number of amides is 3. The van der Waals surface area contributed by atoms with Gasteiger partial charge in [-0.1, -0.05) is 31.6 Å². The van der Waals surface area contributed by atoms with Crippen molar-refractivity contribution in [3.05, 3.63) is 47.3 Å². The number of nitrogens with zero attached hydrogens (tertiary/aromatic N) is 4. The number of allylic oxidation sites excluding steroid dienone is 2. The molecule has 1 saturated carbocycles. The smallest absolute Gasteiger partial charge is 0.410 e. The number of hydrogen-bond acceptors (Lipinski definition) is 7. The summed E-state index contributed by atoms with van der Waals surface area (Å²) in [6.07, 6.45) is 6.07. The molecule has 5 atom stereocenters. The Labute approximate surface area is 277 Å². The number of halogens is 1. The van der Waals surface area contributed by atoms with Crippen molar-refractivity contribution in [2.24, 2.45) is 23.7 Å². The fraction of sp³-hybridized carbons (Fsp3) is 0.611. The van der Waals surface area contributed by atoms with Gasteiger partial charge in [-0.15, -0.1) is 0 Å². The summed E-state index contributed by atoms with van der Waals surface area (Å²) in [5.74, 6) is -2.73. The number of rotatable bonds is 6. The van der Waals surface area contributed by atoms with Crippen LogP contribution in [0.1, 0.15) is 58.4 Å². The molecule has 10 nitrogen and oxygen atoms in total. The largest absolute Gasteiger partial charge is 0.442 e. The molecule has 2 aliphatic carbocycles. The van der Waals surface area contributed by atoms with Gasteiger partial charge in [-0.2, -0.15) is 0 Å². The molecule has 1 N–H and O–H groups in total. The van der Waals surface area contributed by atoms with Crippen molar-refractivity contribution in [3.8, 4) is 0 Å². The minimum Gasteiger partial charge on any atom is -0.442 e. The molecule has 0 unspecified atom stereocenters. The molecule has 4 aliphatic rings. The van der Waals surface area contributed by atoms with Crippen LogP contribution < -0.4 is 4.90 Å². The number of carbonyl (C=O) groups excluding carboxylic acids is 4. The fourth-order valence-electron chi connectivity index (χ4n) is 6.78. The van der Waals surface area contributed by atoms with E-state index < -0.39 is 47.5 Å². The second kappa shape index (κ2) is 15.1. The number of likely N-dealkylation sites (N-methyl/N-ethyl adjacent to an activating group) is 1. The molecule has 0 aromatic heterocycles. The summed E-state index contributed by atoms with van der Waals surface area (Å²) in [6, 6.07) is 4.28. The van der Waals surface area contributed by atoms with Crippen molar-refractivity contribution < 1.29 is 33.4 Å². The third-order valence-corrected chi connectivity index (χ3v) is 9.99. The van der Waals surface area contributed by atoms with E-state index in [0.717, 1.165) is 32.5 Å². The van der Waals surface area contributed by atoms with Gasteiger partial charge < -0.3 is 24.5 Å². The van der Waals surface area contributed by atoms with Gasteiger partial charge in [0.25, 0.3) is 0 Å². The molecule has 0 radical (unpaired) electrons. The molecule has 5 rings (SSSR count). The maximum Gasteiger partial charge on any atom is 0.410 e. The summed E-state index contributed by atoms with van der Waals surface area (Å²) in [5, 5.41) is 10.7. The molecule has 2 aliphatic heterocycles. The van der Waals surface area contributed by atoms with Crippen molar-refractivity contribution in [1.82, 2.24) is 14.7 Å². The Hall–Kier alpha value is -3.57. The number of piperazine rings is 1. The number of aliphatic hydroxyl groups is 1. The lowest BCUT2D eigenvalue weighted by molar-refractivity contribution is -0.140. The summed E-state index contributed by atoms with van der Waals surface area (Å²) in [5.41, 5.74) is 1.47. The van der Waals surface area contributed by atoms with Crippen LogP contribution in [0.5, 0.6) is 0 Å². The minimum atomic E-state index is -1.00. The summed E-state index contributed by atoms with van der Waals surface area (Å²) in [7, 11) is 2.01. The van der Waals surface area contributed by atoms with E-state index in [1.807, 2.05) is 31.9 Å². The highest BCUT2D eigenvalue weighted by Crippen LogP contribution is 2.33. The second-order valence-corrected chi connectivity index (χ2v) is 14.0. The van der Waals surface area contributed by atoms with Crippen LogP contribution in [0.3, 0.4) is 0 Å². The topological polar surface area (TPSA) is 111 Å². The van der Waals surface area contributed by atoms with Gasteiger partial charge in [-0.3, -0.25) is 14.5 Å². The molecule has 0 bridgehead atoms. The molecule has 1 aromatic rings. The highest BCUT2D eigenvalue weighted by Gasteiger charge is 2.35. The lowest BCUT2D eigenvalue weighted by atomic mass is 9.80. The lowest BCUT2D eigenvalue weighted by Gasteiger charge is -2.33. The standard InChI is InChI=1S/C36H49FN4O6/c1-23-5-9-30(42)21-31(43)34(44)33(24(2)6-10-32(23)47-36(46)39-13-11-38(4)12-14-39)25(3)17-27-18-28(37)20-29(19-27)41-16-15-40(35(41)45)22-26-7-8-26/h6,10,17-20,23-24,26,30,32-33,42H,5,7-9,11-16,21-22H2,1-4H3/b10-6+,25-17+/t23-,24-,30+,32-,33-/m0/s1. The zero-order chi connectivity index (χ0) is 33.8. The van der Waals surface area contributed by atoms with Gasteiger partial charge in [0.15, 0.2) is 0 Å². The third kappa shape index (κ3) is 8.87. The Bertz CT molecular complexity index is 1400. The van der Waals surface area contributed by atoms with E-state index in [-0.39, 0.29) is 24.8 Å². The second-order valence-electron chi connectivity index (χ2n) is 14.0. The van der Waals surface area contributed by atoms with E-state index >= 15 is 0 Å². The normalized spacial score (nSPS) is 29.5. The van der Waals surface area contributed by atoms with E-state index in [9.17, 15) is 28.7 Å². The number of aliphatic hydroxyl groups excluding tert-OH is 1. The zero-order valence-corrected chi connectivity index (χ0v) is 28.1. The maximum atomic E-state index is 14.9. The van der Waals surface area contributed by atoms with Crippen molar-refractivity contribution in [2.75, 3.05) is 57.8 Å². The predicted molar refractivity (Wildman–Crippen MR) is 177 cm³/mol. The highest BCUT2D eigenvalue weighted by atomic mass is 19.1. The summed E-state index contributed by atoms with van der Waals surface area (Å²) < 4.78 is 20.9. The average molecular weight is 653 g/mol. The van der Waals surface area contributed by atoms with Crippen LogP contribution in [0.15, 0.2) is 35.9 Å². The van der Waals surface area contributed by atoms with Gasteiger partial charge in [0, 0.05) is 57.9 Å². The van der Waals surface area contributed by atoms with Crippen LogP contribution >= 0.6 is 0 Å². The first-order valence-electron chi connectivity index (χ1n) is 17.0. The molecule has 3 fully saturated rings.